The molecule has 0 aliphatic heterocycles. The molecule has 0 spiro atoms. The summed E-state index contributed by atoms with van der Waals surface area (Å²) in [6.07, 6.45) is 11.1. The van der Waals surface area contributed by atoms with Crippen LogP contribution in [-0.4, -0.2) is 24.5 Å². The Morgan fingerprint density at radius 3 is 2.16 bits per heavy atom. The van der Waals surface area contributed by atoms with Crippen molar-refractivity contribution in [1.82, 2.24) is 5.32 Å². The molecule has 4 heteroatoms. The maximum atomic E-state index is 12.2. The molecule has 0 aliphatic rings. The molecule has 1 unspecified atom stereocenters. The van der Waals surface area contributed by atoms with E-state index in [0.717, 1.165) is 32.1 Å². The quantitative estimate of drug-likeness (QED) is 0.255. The second-order valence-corrected chi connectivity index (χ2v) is 7.59. The molecule has 25 heavy (non-hydrogen) atoms. The number of rotatable bonds is 15. The van der Waals surface area contributed by atoms with Crippen molar-refractivity contribution in [3.8, 4) is 0 Å². The first kappa shape index (κ1) is 23.7. The van der Waals surface area contributed by atoms with Crippen LogP contribution < -0.4 is 5.32 Å². The molecule has 146 valence electrons. The summed E-state index contributed by atoms with van der Waals surface area (Å²) in [6, 6.07) is -0.543. The monoisotopic (exact) mass is 353 g/mol. The molecule has 0 fully saturated rings. The zero-order valence-corrected chi connectivity index (χ0v) is 16.8. The normalized spacial score (nSPS) is 12.2. The average molecular weight is 354 g/mol. The first-order chi connectivity index (χ1) is 11.9. The lowest BCUT2D eigenvalue weighted by molar-refractivity contribution is -0.149. The third-order valence-corrected chi connectivity index (χ3v) is 4.24. The Labute approximate surface area is 154 Å². The molecule has 1 N–H and O–H groups in total. The maximum Gasteiger partial charge on any atom is 0.328 e. The number of carbonyl (C=O) groups is 2. The van der Waals surface area contributed by atoms with Crippen molar-refractivity contribution in [2.75, 3.05) is 6.61 Å². The summed E-state index contributed by atoms with van der Waals surface area (Å²) in [5, 5.41) is 2.85. The lowest BCUT2D eigenvalue weighted by Gasteiger charge is -2.21. The summed E-state index contributed by atoms with van der Waals surface area (Å²) < 4.78 is 5.31. The molecule has 0 saturated carbocycles. The fourth-order valence-electron chi connectivity index (χ4n) is 2.51. The van der Waals surface area contributed by atoms with E-state index in [4.69, 9.17) is 4.74 Å². The first-order valence-corrected chi connectivity index (χ1v) is 9.95. The summed E-state index contributed by atoms with van der Waals surface area (Å²) in [6.45, 7) is 12.2. The molecule has 0 aliphatic carbocycles. The van der Waals surface area contributed by atoms with Gasteiger partial charge in [-0.25, -0.2) is 4.79 Å². The van der Waals surface area contributed by atoms with Gasteiger partial charge in [0.05, 0.1) is 6.61 Å². The molecule has 0 heterocycles. The standard InChI is InChI=1S/C21H39NO3/c1-6-7-8-9-10-11-12-13-14-19(23)22-20(18(4)5)21(24)25-16-15-17(2)3/h6,17-18,20H,1,7-16H2,2-5H3,(H,22,23). The van der Waals surface area contributed by atoms with E-state index in [1.165, 1.54) is 19.3 Å². The molecule has 0 saturated heterocycles. The highest BCUT2D eigenvalue weighted by Crippen LogP contribution is 2.10. The van der Waals surface area contributed by atoms with Crippen LogP contribution in [0, 0.1) is 11.8 Å². The minimum atomic E-state index is -0.543. The van der Waals surface area contributed by atoms with Crippen LogP contribution in [0.1, 0.15) is 85.5 Å². The Morgan fingerprint density at radius 2 is 1.60 bits per heavy atom. The highest BCUT2D eigenvalue weighted by molar-refractivity contribution is 5.84. The highest BCUT2D eigenvalue weighted by Gasteiger charge is 2.25. The number of unbranched alkanes of at least 4 members (excludes halogenated alkanes) is 6. The Balaban J connectivity index is 3.96. The SMILES string of the molecule is C=CCCCCCCCCC(=O)NC(C(=O)OCCC(C)C)C(C)C. The van der Waals surface area contributed by atoms with Crippen LogP contribution in [0.2, 0.25) is 0 Å². The fourth-order valence-corrected chi connectivity index (χ4v) is 2.51. The van der Waals surface area contributed by atoms with Gasteiger partial charge in [0.25, 0.3) is 0 Å². The van der Waals surface area contributed by atoms with Crippen LogP contribution in [0.3, 0.4) is 0 Å². The van der Waals surface area contributed by atoms with Gasteiger partial charge in [-0.3, -0.25) is 4.79 Å². The molecule has 0 aromatic carbocycles. The summed E-state index contributed by atoms with van der Waals surface area (Å²) in [5.74, 6) is 0.161. The van der Waals surface area contributed by atoms with Crippen molar-refractivity contribution in [2.45, 2.75) is 91.5 Å². The lowest BCUT2D eigenvalue weighted by atomic mass is 10.0. The van der Waals surface area contributed by atoms with Crippen molar-refractivity contribution in [3.63, 3.8) is 0 Å². The van der Waals surface area contributed by atoms with Crippen LogP contribution in [0.15, 0.2) is 12.7 Å². The second kappa shape index (κ2) is 15.0. The van der Waals surface area contributed by atoms with Gasteiger partial charge in [0.2, 0.25) is 5.91 Å². The lowest BCUT2D eigenvalue weighted by Crippen LogP contribution is -2.45. The molecule has 0 rings (SSSR count). The van der Waals surface area contributed by atoms with E-state index < -0.39 is 6.04 Å². The number of nitrogens with one attached hydrogen (secondary N) is 1. The molecule has 1 amide bonds. The largest absolute Gasteiger partial charge is 0.464 e. The van der Waals surface area contributed by atoms with E-state index in [-0.39, 0.29) is 17.8 Å². The van der Waals surface area contributed by atoms with E-state index in [1.807, 2.05) is 19.9 Å². The number of esters is 1. The van der Waals surface area contributed by atoms with E-state index in [1.54, 1.807) is 0 Å². The van der Waals surface area contributed by atoms with E-state index in [2.05, 4.69) is 25.7 Å². The van der Waals surface area contributed by atoms with Crippen LogP contribution >= 0.6 is 0 Å². The van der Waals surface area contributed by atoms with Gasteiger partial charge in [-0.05, 0) is 37.5 Å². The Hall–Kier alpha value is -1.32. The topological polar surface area (TPSA) is 55.4 Å². The van der Waals surface area contributed by atoms with Crippen LogP contribution in [0.25, 0.3) is 0 Å². The zero-order chi connectivity index (χ0) is 19.1. The van der Waals surface area contributed by atoms with E-state index in [0.29, 0.717) is 18.9 Å². The third-order valence-electron chi connectivity index (χ3n) is 4.24. The molecule has 1 atom stereocenters. The Morgan fingerprint density at radius 1 is 1.00 bits per heavy atom. The second-order valence-electron chi connectivity index (χ2n) is 7.59. The van der Waals surface area contributed by atoms with Gasteiger partial charge in [0.1, 0.15) is 6.04 Å². The molecular weight excluding hydrogens is 314 g/mol. The summed E-state index contributed by atoms with van der Waals surface area (Å²) in [7, 11) is 0. The molecule has 4 nitrogen and oxygen atoms in total. The highest BCUT2D eigenvalue weighted by atomic mass is 16.5. The number of ether oxygens (including phenoxy) is 1. The smallest absolute Gasteiger partial charge is 0.328 e. The zero-order valence-electron chi connectivity index (χ0n) is 16.8. The van der Waals surface area contributed by atoms with Crippen LogP contribution in [0.5, 0.6) is 0 Å². The van der Waals surface area contributed by atoms with Gasteiger partial charge in [-0.1, -0.05) is 59.5 Å². The predicted molar refractivity (Wildman–Crippen MR) is 104 cm³/mol. The molecular formula is C21H39NO3. The number of amides is 1. The van der Waals surface area contributed by atoms with E-state index in [9.17, 15) is 9.59 Å². The Bertz CT molecular complexity index is 377. The first-order valence-electron chi connectivity index (χ1n) is 9.95. The van der Waals surface area contributed by atoms with Crippen molar-refractivity contribution >= 4 is 11.9 Å². The van der Waals surface area contributed by atoms with Gasteiger partial charge in [-0.2, -0.15) is 0 Å². The van der Waals surface area contributed by atoms with Crippen molar-refractivity contribution in [1.29, 1.82) is 0 Å². The number of carbonyl (C=O) groups excluding carboxylic acids is 2. The van der Waals surface area contributed by atoms with E-state index >= 15 is 0 Å². The number of hydrogen-bond acceptors (Lipinski definition) is 3. The van der Waals surface area contributed by atoms with Crippen molar-refractivity contribution in [2.24, 2.45) is 11.8 Å². The molecule has 0 aromatic heterocycles. The summed E-state index contributed by atoms with van der Waals surface area (Å²) >= 11 is 0. The fraction of sp³-hybridized carbons (Fsp3) is 0.810. The predicted octanol–water partition coefficient (Wildman–Crippen LogP) is 5.02. The van der Waals surface area contributed by atoms with Gasteiger partial charge < -0.3 is 10.1 Å². The summed E-state index contributed by atoms with van der Waals surface area (Å²) in [5.41, 5.74) is 0. The van der Waals surface area contributed by atoms with Crippen LogP contribution in [-0.2, 0) is 14.3 Å². The maximum absolute atomic E-state index is 12.2. The molecule has 0 radical (unpaired) electrons. The average Bonchev–Trinajstić information content (AvgIpc) is 2.54. The van der Waals surface area contributed by atoms with Crippen LogP contribution in [0.4, 0.5) is 0 Å². The van der Waals surface area contributed by atoms with Gasteiger partial charge >= 0.3 is 5.97 Å². The third kappa shape index (κ3) is 13.6. The molecule has 0 aromatic rings. The van der Waals surface area contributed by atoms with Gasteiger partial charge in [0.15, 0.2) is 0 Å². The minimum absolute atomic E-state index is 0.0281. The van der Waals surface area contributed by atoms with Gasteiger partial charge in [-0.15, -0.1) is 6.58 Å². The number of allylic oxidation sites excluding steroid dienone is 1. The van der Waals surface area contributed by atoms with Crippen molar-refractivity contribution in [3.05, 3.63) is 12.7 Å². The van der Waals surface area contributed by atoms with Crippen molar-refractivity contribution < 1.29 is 14.3 Å². The number of hydrogen-bond donors (Lipinski definition) is 1. The minimum Gasteiger partial charge on any atom is -0.464 e. The molecule has 0 bridgehead atoms. The summed E-state index contributed by atoms with van der Waals surface area (Å²) in [4.78, 5) is 24.2. The van der Waals surface area contributed by atoms with Gasteiger partial charge in [0, 0.05) is 6.42 Å². The Kier molecular flexibility index (Phi) is 14.2.